The van der Waals surface area contributed by atoms with Crippen LogP contribution in [0.1, 0.15) is 29.4 Å². The first-order chi connectivity index (χ1) is 11.8. The molecule has 24 heavy (non-hydrogen) atoms. The summed E-state index contributed by atoms with van der Waals surface area (Å²) in [7, 11) is 0. The normalized spacial score (nSPS) is 18.0. The number of hydrogen-bond donors (Lipinski definition) is 1. The Hall–Kier alpha value is -2.55. The predicted octanol–water partition coefficient (Wildman–Crippen LogP) is 2.01. The molecular formula is C15H16N6O2S. The lowest BCUT2D eigenvalue weighted by Gasteiger charge is -2.31. The van der Waals surface area contributed by atoms with Crippen LogP contribution in [0.5, 0.6) is 0 Å². The zero-order valence-corrected chi connectivity index (χ0v) is 13.7. The summed E-state index contributed by atoms with van der Waals surface area (Å²) >= 11 is 1.60. The molecule has 1 atom stereocenters. The summed E-state index contributed by atoms with van der Waals surface area (Å²) in [5, 5.41) is 14.4. The van der Waals surface area contributed by atoms with Crippen molar-refractivity contribution in [2.24, 2.45) is 5.92 Å². The topological polar surface area (TPSA) is 101 Å². The van der Waals surface area contributed by atoms with E-state index in [4.69, 9.17) is 4.52 Å². The predicted molar refractivity (Wildman–Crippen MR) is 86.3 cm³/mol. The van der Waals surface area contributed by atoms with Gasteiger partial charge in [-0.25, -0.2) is 4.98 Å². The van der Waals surface area contributed by atoms with Gasteiger partial charge in [0.05, 0.1) is 0 Å². The highest BCUT2D eigenvalue weighted by molar-refractivity contribution is 7.08. The van der Waals surface area contributed by atoms with E-state index in [1.807, 2.05) is 21.7 Å². The number of likely N-dealkylation sites (tertiary alicyclic amines) is 1. The standard InChI is InChI=1S/C15H16N6O2S/c22-15(14-16-9-17-19-14)21-4-1-2-10(7-21)6-12-18-13(20-23-12)11-3-5-24-8-11/h3,5,8-10H,1-2,4,6-7H2,(H,16,17,19). The van der Waals surface area contributed by atoms with Crippen molar-refractivity contribution in [2.45, 2.75) is 19.3 Å². The first kappa shape index (κ1) is 15.0. The zero-order chi connectivity index (χ0) is 16.4. The Morgan fingerprint density at radius 1 is 1.50 bits per heavy atom. The van der Waals surface area contributed by atoms with E-state index in [-0.39, 0.29) is 11.7 Å². The Bertz CT molecular complexity index is 798. The molecule has 0 saturated carbocycles. The third kappa shape index (κ3) is 3.07. The summed E-state index contributed by atoms with van der Waals surface area (Å²) in [6.45, 7) is 1.40. The van der Waals surface area contributed by atoms with E-state index in [0.29, 0.717) is 30.6 Å². The summed E-state index contributed by atoms with van der Waals surface area (Å²) in [5.41, 5.74) is 0.973. The van der Waals surface area contributed by atoms with E-state index < -0.39 is 0 Å². The number of carbonyl (C=O) groups is 1. The molecule has 0 bridgehead atoms. The van der Waals surface area contributed by atoms with Crippen LogP contribution in [0, 0.1) is 5.92 Å². The van der Waals surface area contributed by atoms with Crippen molar-refractivity contribution in [3.05, 3.63) is 34.9 Å². The number of nitrogens with one attached hydrogen (secondary N) is 1. The Morgan fingerprint density at radius 3 is 3.25 bits per heavy atom. The average molecular weight is 344 g/mol. The number of piperidine rings is 1. The second-order valence-corrected chi connectivity index (χ2v) is 6.60. The molecule has 0 spiro atoms. The fourth-order valence-electron chi connectivity index (χ4n) is 2.97. The molecule has 0 aromatic carbocycles. The van der Waals surface area contributed by atoms with Crippen LogP contribution >= 0.6 is 11.3 Å². The van der Waals surface area contributed by atoms with E-state index in [1.54, 1.807) is 11.3 Å². The van der Waals surface area contributed by atoms with Gasteiger partial charge in [0.25, 0.3) is 5.91 Å². The van der Waals surface area contributed by atoms with Gasteiger partial charge in [-0.15, -0.1) is 0 Å². The maximum Gasteiger partial charge on any atom is 0.291 e. The zero-order valence-electron chi connectivity index (χ0n) is 12.9. The van der Waals surface area contributed by atoms with Crippen molar-refractivity contribution in [3.8, 4) is 11.4 Å². The smallest absolute Gasteiger partial charge is 0.291 e. The number of hydrogen-bond acceptors (Lipinski definition) is 7. The summed E-state index contributed by atoms with van der Waals surface area (Å²) in [5.74, 6) is 1.73. The SMILES string of the molecule is O=C(c1ncn[nH]1)N1CCCC(Cc2nc(-c3ccsc3)no2)C1. The second kappa shape index (κ2) is 6.52. The van der Waals surface area contributed by atoms with Crippen LogP contribution in [0.15, 0.2) is 27.7 Å². The van der Waals surface area contributed by atoms with Crippen molar-refractivity contribution in [2.75, 3.05) is 13.1 Å². The van der Waals surface area contributed by atoms with Crippen molar-refractivity contribution in [1.29, 1.82) is 0 Å². The average Bonchev–Trinajstić information content (AvgIpc) is 3.35. The molecular weight excluding hydrogens is 328 g/mol. The molecule has 9 heteroatoms. The minimum Gasteiger partial charge on any atom is -0.339 e. The van der Waals surface area contributed by atoms with E-state index in [9.17, 15) is 4.79 Å². The molecule has 1 aliphatic heterocycles. The van der Waals surface area contributed by atoms with Gasteiger partial charge in [0, 0.05) is 30.5 Å². The molecule has 1 saturated heterocycles. The van der Waals surface area contributed by atoms with Gasteiger partial charge in [0.1, 0.15) is 6.33 Å². The minimum atomic E-state index is -0.110. The highest BCUT2D eigenvalue weighted by atomic mass is 32.1. The fraction of sp³-hybridized carbons (Fsp3) is 0.400. The summed E-state index contributed by atoms with van der Waals surface area (Å²) in [4.78, 5) is 22.6. The molecule has 124 valence electrons. The van der Waals surface area contributed by atoms with Crippen molar-refractivity contribution >= 4 is 17.2 Å². The van der Waals surface area contributed by atoms with Crippen molar-refractivity contribution in [3.63, 3.8) is 0 Å². The van der Waals surface area contributed by atoms with Gasteiger partial charge in [0.2, 0.25) is 17.5 Å². The highest BCUT2D eigenvalue weighted by Gasteiger charge is 2.27. The first-order valence-electron chi connectivity index (χ1n) is 7.79. The Kier molecular flexibility index (Phi) is 4.08. The lowest BCUT2D eigenvalue weighted by Crippen LogP contribution is -2.41. The molecule has 1 amide bonds. The maximum absolute atomic E-state index is 12.4. The maximum atomic E-state index is 12.4. The number of carbonyl (C=O) groups excluding carboxylic acids is 1. The second-order valence-electron chi connectivity index (χ2n) is 5.82. The lowest BCUT2D eigenvalue weighted by atomic mass is 9.94. The van der Waals surface area contributed by atoms with Gasteiger partial charge in [0.15, 0.2) is 0 Å². The van der Waals surface area contributed by atoms with Crippen LogP contribution < -0.4 is 0 Å². The van der Waals surface area contributed by atoms with Crippen LogP contribution in [0.3, 0.4) is 0 Å². The number of aromatic nitrogens is 5. The Morgan fingerprint density at radius 2 is 2.46 bits per heavy atom. The van der Waals surface area contributed by atoms with Gasteiger partial charge in [-0.2, -0.15) is 21.4 Å². The Labute approximate surface area is 141 Å². The van der Waals surface area contributed by atoms with Crippen LogP contribution in [0.4, 0.5) is 0 Å². The summed E-state index contributed by atoms with van der Waals surface area (Å²) in [6.07, 6.45) is 4.02. The number of thiophene rings is 1. The molecule has 3 aromatic heterocycles. The van der Waals surface area contributed by atoms with Gasteiger partial charge < -0.3 is 9.42 Å². The van der Waals surface area contributed by atoms with Gasteiger partial charge in [-0.3, -0.25) is 9.89 Å². The third-order valence-electron chi connectivity index (χ3n) is 4.13. The fourth-order valence-corrected chi connectivity index (χ4v) is 3.60. The molecule has 1 fully saturated rings. The first-order valence-corrected chi connectivity index (χ1v) is 8.73. The van der Waals surface area contributed by atoms with Crippen LogP contribution in [0.2, 0.25) is 0 Å². The molecule has 3 aromatic rings. The molecule has 1 aliphatic rings. The van der Waals surface area contributed by atoms with Crippen LogP contribution in [-0.2, 0) is 6.42 Å². The minimum absolute atomic E-state index is 0.110. The van der Waals surface area contributed by atoms with Gasteiger partial charge in [-0.1, -0.05) is 5.16 Å². The number of aromatic amines is 1. The van der Waals surface area contributed by atoms with Crippen LogP contribution in [-0.4, -0.2) is 49.2 Å². The molecule has 4 rings (SSSR count). The van der Waals surface area contributed by atoms with E-state index in [1.165, 1.54) is 6.33 Å². The molecule has 0 aliphatic carbocycles. The van der Waals surface area contributed by atoms with E-state index in [2.05, 4.69) is 25.3 Å². The molecule has 8 nitrogen and oxygen atoms in total. The molecule has 4 heterocycles. The van der Waals surface area contributed by atoms with E-state index >= 15 is 0 Å². The third-order valence-corrected chi connectivity index (χ3v) is 4.82. The Balaban J connectivity index is 1.41. The quantitative estimate of drug-likeness (QED) is 0.777. The number of nitrogens with zero attached hydrogens (tertiary/aromatic N) is 5. The monoisotopic (exact) mass is 344 g/mol. The largest absolute Gasteiger partial charge is 0.339 e. The summed E-state index contributed by atoms with van der Waals surface area (Å²) in [6, 6.07) is 1.97. The molecule has 1 unspecified atom stereocenters. The lowest BCUT2D eigenvalue weighted by molar-refractivity contribution is 0.0656. The molecule has 0 radical (unpaired) electrons. The van der Waals surface area contributed by atoms with Crippen LogP contribution in [0.25, 0.3) is 11.4 Å². The van der Waals surface area contributed by atoms with Crippen molar-refractivity contribution in [1.82, 2.24) is 30.2 Å². The number of H-pyrrole nitrogens is 1. The number of amides is 1. The van der Waals surface area contributed by atoms with Crippen molar-refractivity contribution < 1.29 is 9.32 Å². The summed E-state index contributed by atoms with van der Waals surface area (Å²) < 4.78 is 5.37. The van der Waals surface area contributed by atoms with Gasteiger partial charge in [-0.05, 0) is 30.2 Å². The molecule has 1 N–H and O–H groups in total. The van der Waals surface area contributed by atoms with E-state index in [0.717, 1.165) is 24.9 Å². The van der Waals surface area contributed by atoms with Gasteiger partial charge >= 0.3 is 0 Å². The highest BCUT2D eigenvalue weighted by Crippen LogP contribution is 2.23. The number of rotatable bonds is 4.